The van der Waals surface area contributed by atoms with E-state index in [2.05, 4.69) is 20.3 Å². The van der Waals surface area contributed by atoms with Gasteiger partial charge in [0.2, 0.25) is 0 Å². The molecule has 2 aromatic carbocycles. The van der Waals surface area contributed by atoms with Crippen molar-refractivity contribution < 1.29 is 22.4 Å². The fourth-order valence-corrected chi connectivity index (χ4v) is 3.44. The van der Waals surface area contributed by atoms with Crippen LogP contribution in [0.15, 0.2) is 73.3 Å². The highest BCUT2D eigenvalue weighted by atomic mass is 19.4. The van der Waals surface area contributed by atoms with Crippen molar-refractivity contribution in [2.75, 3.05) is 5.32 Å². The average Bonchev–Trinajstić information content (AvgIpc) is 2.82. The van der Waals surface area contributed by atoms with E-state index >= 15 is 0 Å². The topological polar surface area (TPSA) is 67.8 Å². The number of hydrogen-bond acceptors (Lipinski definition) is 4. The van der Waals surface area contributed by atoms with Gasteiger partial charge in [0.15, 0.2) is 0 Å². The number of alkyl halides is 3. The van der Waals surface area contributed by atoms with Crippen molar-refractivity contribution in [1.29, 1.82) is 0 Å². The predicted octanol–water partition coefficient (Wildman–Crippen LogP) is 5.85. The summed E-state index contributed by atoms with van der Waals surface area (Å²) < 4.78 is 53.0. The second-order valence-electron chi connectivity index (χ2n) is 7.56. The minimum absolute atomic E-state index is 0.178. The van der Waals surface area contributed by atoms with E-state index in [4.69, 9.17) is 0 Å². The number of rotatable bonds is 5. The summed E-state index contributed by atoms with van der Waals surface area (Å²) >= 11 is 0. The van der Waals surface area contributed by atoms with Crippen molar-refractivity contribution >= 4 is 11.6 Å². The molecule has 0 saturated heterocycles. The maximum Gasteiger partial charge on any atom is 0.416 e. The number of nitrogens with one attached hydrogen (secondary N) is 1. The van der Waals surface area contributed by atoms with Crippen LogP contribution in [0.25, 0.3) is 11.3 Å². The lowest BCUT2D eigenvalue weighted by Crippen LogP contribution is -2.15. The van der Waals surface area contributed by atoms with Crippen LogP contribution < -0.4 is 5.32 Å². The molecule has 4 aromatic rings. The lowest BCUT2D eigenvalue weighted by atomic mass is 9.97. The third-order valence-electron chi connectivity index (χ3n) is 5.26. The van der Waals surface area contributed by atoms with Crippen molar-refractivity contribution in [1.82, 2.24) is 15.0 Å². The highest BCUT2D eigenvalue weighted by Crippen LogP contribution is 2.32. The Kier molecular flexibility index (Phi) is 6.36. The summed E-state index contributed by atoms with van der Waals surface area (Å²) in [5, 5.41) is 2.24. The lowest BCUT2D eigenvalue weighted by Gasteiger charge is -2.13. The number of hydrogen-bond donors (Lipinski definition) is 1. The second kappa shape index (κ2) is 9.38. The first-order valence-corrected chi connectivity index (χ1v) is 10.2. The van der Waals surface area contributed by atoms with Gasteiger partial charge in [-0.25, -0.2) is 14.4 Å². The van der Waals surface area contributed by atoms with E-state index in [-0.39, 0.29) is 5.56 Å². The molecule has 172 valence electrons. The normalized spacial score (nSPS) is 11.3. The molecule has 34 heavy (non-hydrogen) atoms. The van der Waals surface area contributed by atoms with Crippen LogP contribution in [-0.4, -0.2) is 20.9 Å². The SMILES string of the molecule is Cc1ccc(C(=O)Nc2cc(C(F)(F)F)ccc2F)cc1Cc1ncccc1-c1ccncn1. The molecule has 0 radical (unpaired) electrons. The summed E-state index contributed by atoms with van der Waals surface area (Å²) in [6.07, 6.45) is 0.444. The first-order valence-electron chi connectivity index (χ1n) is 10.2. The number of aryl methyl sites for hydroxylation is 1. The van der Waals surface area contributed by atoms with E-state index in [0.717, 1.165) is 22.4 Å². The van der Waals surface area contributed by atoms with Crippen molar-refractivity contribution in [3.05, 3.63) is 107 Å². The summed E-state index contributed by atoms with van der Waals surface area (Å²) in [6, 6.07) is 12.2. The van der Waals surface area contributed by atoms with Gasteiger partial charge in [0.1, 0.15) is 12.1 Å². The van der Waals surface area contributed by atoms with Gasteiger partial charge in [-0.1, -0.05) is 6.07 Å². The number of pyridine rings is 1. The standard InChI is InChI=1S/C25H18F4N4O/c1-15-4-5-16(24(34)33-23-13-18(25(27,28)29)6-7-20(23)26)11-17(15)12-22-19(3-2-9-31-22)21-8-10-30-14-32-21/h2-11,13-14H,12H2,1H3,(H,33,34). The average molecular weight is 466 g/mol. The molecule has 0 aliphatic carbocycles. The maximum atomic E-state index is 14.1. The zero-order valence-electron chi connectivity index (χ0n) is 17.9. The Morgan fingerprint density at radius 3 is 2.56 bits per heavy atom. The number of aromatic nitrogens is 3. The van der Waals surface area contributed by atoms with Gasteiger partial charge in [0.05, 0.1) is 22.6 Å². The Morgan fingerprint density at radius 2 is 1.82 bits per heavy atom. The van der Waals surface area contributed by atoms with Gasteiger partial charge in [-0.3, -0.25) is 9.78 Å². The number of anilines is 1. The number of carbonyl (C=O) groups is 1. The highest BCUT2D eigenvalue weighted by molar-refractivity contribution is 6.04. The van der Waals surface area contributed by atoms with Gasteiger partial charge in [0, 0.05) is 29.9 Å². The maximum absolute atomic E-state index is 14.1. The van der Waals surface area contributed by atoms with Gasteiger partial charge >= 0.3 is 6.18 Å². The van der Waals surface area contributed by atoms with Crippen LogP contribution in [0.5, 0.6) is 0 Å². The molecule has 0 spiro atoms. The molecule has 0 unspecified atom stereocenters. The molecule has 1 N–H and O–H groups in total. The monoisotopic (exact) mass is 466 g/mol. The fourth-order valence-electron chi connectivity index (χ4n) is 3.44. The van der Waals surface area contributed by atoms with Crippen LogP contribution in [0.1, 0.15) is 32.7 Å². The van der Waals surface area contributed by atoms with Gasteiger partial charge < -0.3 is 5.32 Å². The largest absolute Gasteiger partial charge is 0.416 e. The first kappa shape index (κ1) is 23.0. The summed E-state index contributed by atoms with van der Waals surface area (Å²) in [5.41, 5.74) is 2.49. The zero-order valence-corrected chi connectivity index (χ0v) is 17.9. The van der Waals surface area contributed by atoms with Crippen molar-refractivity contribution in [2.24, 2.45) is 0 Å². The van der Waals surface area contributed by atoms with Crippen LogP contribution in [0.2, 0.25) is 0 Å². The van der Waals surface area contributed by atoms with E-state index in [9.17, 15) is 22.4 Å². The Balaban J connectivity index is 1.61. The molecule has 2 aromatic heterocycles. The molecule has 0 aliphatic rings. The van der Waals surface area contributed by atoms with Crippen molar-refractivity contribution in [2.45, 2.75) is 19.5 Å². The highest BCUT2D eigenvalue weighted by Gasteiger charge is 2.31. The number of nitrogens with zero attached hydrogens (tertiary/aromatic N) is 3. The molecule has 0 bridgehead atoms. The molecule has 0 aliphatic heterocycles. The minimum atomic E-state index is -4.66. The molecule has 4 rings (SSSR count). The van der Waals surface area contributed by atoms with Crippen LogP contribution in [0.3, 0.4) is 0 Å². The lowest BCUT2D eigenvalue weighted by molar-refractivity contribution is -0.137. The van der Waals surface area contributed by atoms with Crippen LogP contribution in [0, 0.1) is 12.7 Å². The van der Waals surface area contributed by atoms with Crippen LogP contribution >= 0.6 is 0 Å². The number of carbonyl (C=O) groups excluding carboxylic acids is 1. The second-order valence-corrected chi connectivity index (χ2v) is 7.56. The summed E-state index contributed by atoms with van der Waals surface area (Å²) in [4.78, 5) is 25.4. The number of halogens is 4. The Labute approximate surface area is 192 Å². The summed E-state index contributed by atoms with van der Waals surface area (Å²) in [7, 11) is 0. The van der Waals surface area contributed by atoms with Crippen molar-refractivity contribution in [3.8, 4) is 11.3 Å². The van der Waals surface area contributed by atoms with E-state index in [1.807, 2.05) is 13.0 Å². The van der Waals surface area contributed by atoms with Gasteiger partial charge in [-0.2, -0.15) is 13.2 Å². The van der Waals surface area contributed by atoms with E-state index < -0.39 is 29.2 Å². The summed E-state index contributed by atoms with van der Waals surface area (Å²) in [6.45, 7) is 1.87. The van der Waals surface area contributed by atoms with Gasteiger partial charge in [-0.15, -0.1) is 0 Å². The Bertz CT molecular complexity index is 1340. The molecule has 9 heteroatoms. The quantitative estimate of drug-likeness (QED) is 0.375. The molecule has 0 fully saturated rings. The molecule has 5 nitrogen and oxygen atoms in total. The van der Waals surface area contributed by atoms with Crippen LogP contribution in [-0.2, 0) is 12.6 Å². The van der Waals surface area contributed by atoms with Crippen LogP contribution in [0.4, 0.5) is 23.2 Å². The molecule has 2 heterocycles. The fraction of sp³-hybridized carbons (Fsp3) is 0.120. The van der Waals surface area contributed by atoms with Gasteiger partial charge in [0.25, 0.3) is 5.91 Å². The van der Waals surface area contributed by atoms with E-state index in [1.54, 1.807) is 36.7 Å². The number of benzene rings is 2. The minimum Gasteiger partial charge on any atom is -0.319 e. The van der Waals surface area contributed by atoms with Crippen molar-refractivity contribution in [3.63, 3.8) is 0 Å². The molecule has 0 atom stereocenters. The van der Waals surface area contributed by atoms with Gasteiger partial charge in [-0.05, 0) is 66.6 Å². The number of amides is 1. The Morgan fingerprint density at radius 1 is 1.00 bits per heavy atom. The van der Waals surface area contributed by atoms with E-state index in [0.29, 0.717) is 30.3 Å². The molecular formula is C25H18F4N4O. The smallest absolute Gasteiger partial charge is 0.319 e. The Hall–Kier alpha value is -4.14. The zero-order chi connectivity index (χ0) is 24.3. The van der Waals surface area contributed by atoms with E-state index in [1.165, 1.54) is 12.4 Å². The molecule has 0 saturated carbocycles. The predicted molar refractivity (Wildman–Crippen MR) is 119 cm³/mol. The summed E-state index contributed by atoms with van der Waals surface area (Å²) in [5.74, 6) is -1.69. The first-order chi connectivity index (χ1) is 16.2. The molecular weight excluding hydrogens is 448 g/mol. The third-order valence-corrected chi connectivity index (χ3v) is 5.26. The third kappa shape index (κ3) is 5.09. The molecule has 1 amide bonds.